The summed E-state index contributed by atoms with van der Waals surface area (Å²) in [5.74, 6) is 0.669. The van der Waals surface area contributed by atoms with Crippen LogP contribution in [0.2, 0.25) is 0 Å². The second kappa shape index (κ2) is 6.37. The molecule has 0 unspecified atom stereocenters. The number of piperazine rings is 1. The van der Waals surface area contributed by atoms with Gasteiger partial charge in [-0.3, -0.25) is 4.79 Å². The molecule has 2 aliphatic rings. The summed E-state index contributed by atoms with van der Waals surface area (Å²) in [7, 11) is 0. The molecule has 0 aromatic heterocycles. The lowest BCUT2D eigenvalue weighted by Crippen LogP contribution is -2.50. The van der Waals surface area contributed by atoms with E-state index in [-0.39, 0.29) is 5.92 Å². The van der Waals surface area contributed by atoms with Crippen molar-refractivity contribution >= 4 is 17.3 Å². The fraction of sp³-hybridized carbons (Fsp3) is 0.588. The number of amides is 1. The average molecular weight is 287 g/mol. The second-order valence-electron chi connectivity index (χ2n) is 6.21. The number of para-hydroxylation sites is 2. The second-order valence-corrected chi connectivity index (χ2v) is 6.21. The molecule has 1 heterocycles. The lowest BCUT2D eigenvalue weighted by Gasteiger charge is -2.38. The van der Waals surface area contributed by atoms with Crippen LogP contribution in [0, 0.1) is 5.92 Å². The molecule has 1 aliphatic carbocycles. The van der Waals surface area contributed by atoms with E-state index in [1.165, 1.54) is 19.3 Å². The minimum atomic E-state index is 0.284. The van der Waals surface area contributed by atoms with Crippen LogP contribution in [-0.2, 0) is 4.79 Å². The first-order valence-corrected chi connectivity index (χ1v) is 8.14. The molecule has 3 rings (SSSR count). The van der Waals surface area contributed by atoms with Gasteiger partial charge in [0.1, 0.15) is 0 Å². The summed E-state index contributed by atoms with van der Waals surface area (Å²) >= 11 is 0. The maximum absolute atomic E-state index is 12.5. The fourth-order valence-corrected chi connectivity index (χ4v) is 3.55. The molecule has 1 aromatic carbocycles. The van der Waals surface area contributed by atoms with Gasteiger partial charge < -0.3 is 15.5 Å². The monoisotopic (exact) mass is 287 g/mol. The largest absolute Gasteiger partial charge is 0.397 e. The normalized spacial score (nSPS) is 20.6. The molecular formula is C17H25N3O. The van der Waals surface area contributed by atoms with Crippen molar-refractivity contribution in [3.8, 4) is 0 Å². The Bertz CT molecular complexity index is 489. The Morgan fingerprint density at radius 3 is 2.33 bits per heavy atom. The van der Waals surface area contributed by atoms with Crippen molar-refractivity contribution in [3.63, 3.8) is 0 Å². The molecule has 0 bridgehead atoms. The lowest BCUT2D eigenvalue weighted by molar-refractivity contribution is -0.136. The number of nitrogen functional groups attached to an aromatic ring is 1. The van der Waals surface area contributed by atoms with Gasteiger partial charge in [0, 0.05) is 32.1 Å². The van der Waals surface area contributed by atoms with E-state index < -0.39 is 0 Å². The molecule has 1 saturated carbocycles. The topological polar surface area (TPSA) is 49.6 Å². The van der Waals surface area contributed by atoms with E-state index in [9.17, 15) is 4.79 Å². The molecule has 2 N–H and O–H groups in total. The summed E-state index contributed by atoms with van der Waals surface area (Å²) in [6.07, 6.45) is 5.91. The van der Waals surface area contributed by atoms with E-state index in [4.69, 9.17) is 5.73 Å². The third kappa shape index (κ3) is 3.14. The summed E-state index contributed by atoms with van der Waals surface area (Å²) in [5, 5.41) is 0. The van der Waals surface area contributed by atoms with Gasteiger partial charge in [0.25, 0.3) is 0 Å². The number of carbonyl (C=O) groups is 1. The number of rotatable bonds is 2. The number of nitrogens with two attached hydrogens (primary N) is 1. The number of benzene rings is 1. The summed E-state index contributed by atoms with van der Waals surface area (Å²) in [6.45, 7) is 3.41. The zero-order valence-corrected chi connectivity index (χ0v) is 12.6. The molecule has 4 nitrogen and oxygen atoms in total. The highest BCUT2D eigenvalue weighted by molar-refractivity contribution is 5.79. The van der Waals surface area contributed by atoms with Gasteiger partial charge in [0.15, 0.2) is 0 Å². The molecule has 1 aromatic rings. The molecular weight excluding hydrogens is 262 g/mol. The maximum atomic E-state index is 12.5. The smallest absolute Gasteiger partial charge is 0.225 e. The first-order valence-electron chi connectivity index (χ1n) is 8.14. The van der Waals surface area contributed by atoms with Crippen molar-refractivity contribution in [1.82, 2.24) is 4.90 Å². The summed E-state index contributed by atoms with van der Waals surface area (Å²) in [5.41, 5.74) is 7.96. The van der Waals surface area contributed by atoms with Crippen molar-refractivity contribution < 1.29 is 4.79 Å². The summed E-state index contributed by atoms with van der Waals surface area (Å²) in [4.78, 5) is 16.9. The predicted molar refractivity (Wildman–Crippen MR) is 86.2 cm³/mol. The van der Waals surface area contributed by atoms with Gasteiger partial charge in [-0.2, -0.15) is 0 Å². The molecule has 0 spiro atoms. The predicted octanol–water partition coefficient (Wildman–Crippen LogP) is 2.50. The number of anilines is 2. The highest BCUT2D eigenvalue weighted by Crippen LogP contribution is 2.27. The average Bonchev–Trinajstić information content (AvgIpc) is 2.56. The van der Waals surface area contributed by atoms with Crippen molar-refractivity contribution in [2.45, 2.75) is 32.1 Å². The van der Waals surface area contributed by atoms with E-state index >= 15 is 0 Å². The minimum Gasteiger partial charge on any atom is -0.397 e. The zero-order chi connectivity index (χ0) is 14.7. The molecule has 114 valence electrons. The van der Waals surface area contributed by atoms with Gasteiger partial charge in [0.05, 0.1) is 11.4 Å². The molecule has 4 heteroatoms. The molecule has 1 aliphatic heterocycles. The van der Waals surface area contributed by atoms with Crippen LogP contribution in [0.1, 0.15) is 32.1 Å². The van der Waals surface area contributed by atoms with E-state index in [2.05, 4.69) is 15.9 Å². The SMILES string of the molecule is Nc1ccccc1N1CCN(C(=O)C2CCCCC2)CC1. The Morgan fingerprint density at radius 1 is 1.00 bits per heavy atom. The Kier molecular flexibility index (Phi) is 4.32. The standard InChI is InChI=1S/C17H25N3O/c18-15-8-4-5-9-16(15)19-10-12-20(13-11-19)17(21)14-6-2-1-3-7-14/h4-5,8-9,14H,1-3,6-7,10-13,18H2. The quantitative estimate of drug-likeness (QED) is 0.850. The van der Waals surface area contributed by atoms with Gasteiger partial charge in [-0.25, -0.2) is 0 Å². The lowest BCUT2D eigenvalue weighted by atomic mass is 9.88. The molecule has 2 fully saturated rings. The van der Waals surface area contributed by atoms with Crippen LogP contribution >= 0.6 is 0 Å². The van der Waals surface area contributed by atoms with Crippen LogP contribution in [0.5, 0.6) is 0 Å². The van der Waals surface area contributed by atoms with Crippen LogP contribution in [-0.4, -0.2) is 37.0 Å². The van der Waals surface area contributed by atoms with E-state index in [0.29, 0.717) is 5.91 Å². The van der Waals surface area contributed by atoms with E-state index in [1.54, 1.807) is 0 Å². The van der Waals surface area contributed by atoms with Gasteiger partial charge >= 0.3 is 0 Å². The highest BCUT2D eigenvalue weighted by Gasteiger charge is 2.28. The van der Waals surface area contributed by atoms with Gasteiger partial charge in [-0.15, -0.1) is 0 Å². The summed E-state index contributed by atoms with van der Waals surface area (Å²) in [6, 6.07) is 7.98. The van der Waals surface area contributed by atoms with Crippen LogP contribution < -0.4 is 10.6 Å². The number of carbonyl (C=O) groups excluding carboxylic acids is 1. The van der Waals surface area contributed by atoms with Gasteiger partial charge in [-0.1, -0.05) is 31.4 Å². The molecule has 1 amide bonds. The van der Waals surface area contributed by atoms with Gasteiger partial charge in [-0.05, 0) is 25.0 Å². The number of nitrogens with zero attached hydrogens (tertiary/aromatic N) is 2. The maximum Gasteiger partial charge on any atom is 0.225 e. The van der Waals surface area contributed by atoms with Crippen molar-refractivity contribution in [3.05, 3.63) is 24.3 Å². The van der Waals surface area contributed by atoms with Gasteiger partial charge in [0.2, 0.25) is 5.91 Å². The van der Waals surface area contributed by atoms with E-state index in [1.807, 2.05) is 18.2 Å². The van der Waals surface area contributed by atoms with Crippen molar-refractivity contribution in [1.29, 1.82) is 0 Å². The van der Waals surface area contributed by atoms with Crippen LogP contribution in [0.15, 0.2) is 24.3 Å². The Labute approximate surface area is 126 Å². The van der Waals surface area contributed by atoms with Crippen LogP contribution in [0.25, 0.3) is 0 Å². The van der Waals surface area contributed by atoms with Crippen molar-refractivity contribution in [2.75, 3.05) is 36.8 Å². The zero-order valence-electron chi connectivity index (χ0n) is 12.6. The molecule has 21 heavy (non-hydrogen) atoms. The Morgan fingerprint density at radius 2 is 1.67 bits per heavy atom. The third-order valence-electron chi connectivity index (χ3n) is 4.82. The molecule has 1 saturated heterocycles. The first-order chi connectivity index (χ1) is 10.3. The van der Waals surface area contributed by atoms with Crippen LogP contribution in [0.4, 0.5) is 11.4 Å². The Hall–Kier alpha value is -1.71. The van der Waals surface area contributed by atoms with Crippen LogP contribution in [0.3, 0.4) is 0 Å². The van der Waals surface area contributed by atoms with Crippen molar-refractivity contribution in [2.24, 2.45) is 5.92 Å². The van der Waals surface area contributed by atoms with E-state index in [0.717, 1.165) is 50.4 Å². The first kappa shape index (κ1) is 14.2. The third-order valence-corrected chi connectivity index (χ3v) is 4.82. The summed E-state index contributed by atoms with van der Waals surface area (Å²) < 4.78 is 0. The molecule has 0 atom stereocenters. The molecule has 0 radical (unpaired) electrons. The number of hydrogen-bond acceptors (Lipinski definition) is 3. The highest BCUT2D eigenvalue weighted by atomic mass is 16.2. The minimum absolute atomic E-state index is 0.284. The fourth-order valence-electron chi connectivity index (χ4n) is 3.55. The number of hydrogen-bond donors (Lipinski definition) is 1. The Balaban J connectivity index is 1.57.